The first kappa shape index (κ1) is 22.1. The number of hydrogen-bond acceptors (Lipinski definition) is 11. The van der Waals surface area contributed by atoms with Crippen LogP contribution in [0.15, 0.2) is 24.3 Å². The molecule has 2 aromatic rings. The SMILES string of the molecule is O=C1c2cccc(O)c2C(=O)c2c1cc(CO[C@H]1O[C@@H](CO)[C@H](O)[C@@H](O)[C@@H]1O)c(O)c2O. The number of phenolic OH excluding ortho intramolecular Hbond substituents is 3. The molecule has 0 unspecified atom stereocenters. The van der Waals surface area contributed by atoms with Gasteiger partial charge in [0.15, 0.2) is 23.6 Å². The molecule has 2 aliphatic rings. The summed E-state index contributed by atoms with van der Waals surface area (Å²) < 4.78 is 10.6. The van der Waals surface area contributed by atoms with Crippen molar-refractivity contribution in [1.29, 1.82) is 0 Å². The van der Waals surface area contributed by atoms with Crippen molar-refractivity contribution in [1.82, 2.24) is 0 Å². The topological polar surface area (TPSA) is 194 Å². The zero-order chi connectivity index (χ0) is 23.3. The molecule has 1 saturated heterocycles. The van der Waals surface area contributed by atoms with E-state index in [9.17, 15) is 45.3 Å². The minimum absolute atomic E-state index is 0.0756. The van der Waals surface area contributed by atoms with Crippen molar-refractivity contribution in [3.05, 3.63) is 52.1 Å². The number of ketones is 2. The number of aliphatic hydroxyl groups is 4. The number of benzene rings is 2. The molecule has 11 heteroatoms. The van der Waals surface area contributed by atoms with Crippen LogP contribution in [0, 0.1) is 0 Å². The summed E-state index contributed by atoms with van der Waals surface area (Å²) in [5.74, 6) is -3.62. The maximum Gasteiger partial charge on any atom is 0.202 e. The van der Waals surface area contributed by atoms with Gasteiger partial charge in [0.25, 0.3) is 0 Å². The van der Waals surface area contributed by atoms with E-state index in [2.05, 4.69) is 0 Å². The summed E-state index contributed by atoms with van der Waals surface area (Å²) in [6.45, 7) is -1.21. The van der Waals surface area contributed by atoms with E-state index in [1.54, 1.807) is 0 Å². The number of phenols is 3. The predicted octanol–water partition coefficient (Wildman–Crippen LogP) is -1.10. The molecule has 0 amide bonds. The molecule has 4 rings (SSSR count). The van der Waals surface area contributed by atoms with Crippen molar-refractivity contribution in [3.8, 4) is 17.2 Å². The summed E-state index contributed by atoms with van der Waals surface area (Å²) in [6, 6.07) is 5.07. The Morgan fingerprint density at radius 2 is 1.59 bits per heavy atom. The Labute approximate surface area is 180 Å². The number of ether oxygens (including phenoxy) is 2. The zero-order valence-corrected chi connectivity index (χ0v) is 16.4. The molecule has 1 heterocycles. The summed E-state index contributed by atoms with van der Waals surface area (Å²) in [5.41, 5.74) is -1.20. The lowest BCUT2D eigenvalue weighted by molar-refractivity contribution is -0.304. The quantitative estimate of drug-likeness (QED) is 0.239. The zero-order valence-electron chi connectivity index (χ0n) is 16.4. The normalized spacial score (nSPS) is 27.2. The summed E-state index contributed by atoms with van der Waals surface area (Å²) in [5, 5.41) is 69.7. The summed E-state index contributed by atoms with van der Waals surface area (Å²) >= 11 is 0. The van der Waals surface area contributed by atoms with Gasteiger partial charge in [-0.1, -0.05) is 12.1 Å². The fraction of sp³-hybridized carbons (Fsp3) is 0.333. The highest BCUT2D eigenvalue weighted by molar-refractivity contribution is 6.30. The van der Waals surface area contributed by atoms with Crippen LogP contribution >= 0.6 is 0 Å². The molecule has 170 valence electrons. The van der Waals surface area contributed by atoms with E-state index in [4.69, 9.17) is 9.47 Å². The van der Waals surface area contributed by atoms with Gasteiger partial charge in [-0.2, -0.15) is 0 Å². The Bertz CT molecular complexity index is 1090. The van der Waals surface area contributed by atoms with Crippen LogP contribution in [0.25, 0.3) is 0 Å². The lowest BCUT2D eigenvalue weighted by atomic mass is 9.82. The molecule has 0 saturated carbocycles. The lowest BCUT2D eigenvalue weighted by Crippen LogP contribution is -2.59. The fourth-order valence-corrected chi connectivity index (χ4v) is 3.85. The van der Waals surface area contributed by atoms with E-state index in [0.29, 0.717) is 0 Å². The van der Waals surface area contributed by atoms with Crippen molar-refractivity contribution in [2.45, 2.75) is 37.3 Å². The van der Waals surface area contributed by atoms with Crippen LogP contribution in [0.5, 0.6) is 17.2 Å². The molecule has 1 aliphatic heterocycles. The number of rotatable bonds is 4. The maximum absolute atomic E-state index is 12.9. The molecule has 0 radical (unpaired) electrons. The molecule has 5 atom stereocenters. The van der Waals surface area contributed by atoms with Crippen molar-refractivity contribution in [2.24, 2.45) is 0 Å². The van der Waals surface area contributed by atoms with Gasteiger partial charge in [0.1, 0.15) is 30.2 Å². The van der Waals surface area contributed by atoms with Gasteiger partial charge >= 0.3 is 0 Å². The molecular weight excluding hydrogens is 428 g/mol. The second-order valence-corrected chi connectivity index (χ2v) is 7.52. The third-order valence-electron chi connectivity index (χ3n) is 5.59. The molecule has 0 aromatic heterocycles. The molecule has 11 nitrogen and oxygen atoms in total. The van der Waals surface area contributed by atoms with E-state index in [1.165, 1.54) is 18.2 Å². The maximum atomic E-state index is 12.9. The highest BCUT2D eigenvalue weighted by Gasteiger charge is 2.44. The third-order valence-corrected chi connectivity index (χ3v) is 5.59. The minimum Gasteiger partial charge on any atom is -0.507 e. The van der Waals surface area contributed by atoms with Crippen LogP contribution in [0.4, 0.5) is 0 Å². The average molecular weight is 448 g/mol. The first-order chi connectivity index (χ1) is 15.2. The number of hydrogen-bond donors (Lipinski definition) is 7. The van der Waals surface area contributed by atoms with E-state index >= 15 is 0 Å². The minimum atomic E-state index is -1.70. The highest BCUT2D eigenvalue weighted by Crippen LogP contribution is 2.42. The Hall–Kier alpha value is -3.06. The highest BCUT2D eigenvalue weighted by atomic mass is 16.7. The molecular formula is C21H20O11. The van der Waals surface area contributed by atoms with E-state index in [-0.39, 0.29) is 22.3 Å². The second-order valence-electron chi connectivity index (χ2n) is 7.52. The van der Waals surface area contributed by atoms with Gasteiger partial charge in [0.2, 0.25) is 5.78 Å². The first-order valence-corrected chi connectivity index (χ1v) is 9.58. The van der Waals surface area contributed by atoms with Gasteiger partial charge in [-0.05, 0) is 12.1 Å². The number of carbonyl (C=O) groups excluding carboxylic acids is 2. The largest absolute Gasteiger partial charge is 0.507 e. The molecule has 32 heavy (non-hydrogen) atoms. The smallest absolute Gasteiger partial charge is 0.202 e. The van der Waals surface area contributed by atoms with E-state index in [0.717, 1.165) is 6.07 Å². The Morgan fingerprint density at radius 1 is 0.875 bits per heavy atom. The van der Waals surface area contributed by atoms with Crippen molar-refractivity contribution >= 4 is 11.6 Å². The van der Waals surface area contributed by atoms with Crippen molar-refractivity contribution in [3.63, 3.8) is 0 Å². The molecule has 1 aliphatic carbocycles. The van der Waals surface area contributed by atoms with Gasteiger partial charge in [-0.15, -0.1) is 0 Å². The van der Waals surface area contributed by atoms with E-state index in [1.807, 2.05) is 0 Å². The summed E-state index contributed by atoms with van der Waals surface area (Å²) in [6.07, 6.45) is -7.69. The van der Waals surface area contributed by atoms with Gasteiger partial charge in [-0.25, -0.2) is 0 Å². The summed E-state index contributed by atoms with van der Waals surface area (Å²) in [7, 11) is 0. The standard InChI is InChI=1S/C21H20O11/c22-5-11-16(26)19(29)20(30)21(32-11)31-6-7-4-9-13(18(28)14(7)24)17(27)12-8(15(9)25)2-1-3-10(12)23/h1-4,11,16,19-24,26,28-30H,5-6H2/t11-,16-,19+,20-,21-/m0/s1. The number of carbonyl (C=O) groups is 2. The van der Waals surface area contributed by atoms with Gasteiger partial charge in [0.05, 0.1) is 24.3 Å². The first-order valence-electron chi connectivity index (χ1n) is 9.58. The van der Waals surface area contributed by atoms with Crippen LogP contribution in [0.3, 0.4) is 0 Å². The average Bonchev–Trinajstić information content (AvgIpc) is 2.77. The summed E-state index contributed by atoms with van der Waals surface area (Å²) in [4.78, 5) is 25.7. The number of aromatic hydroxyl groups is 3. The van der Waals surface area contributed by atoms with Crippen LogP contribution in [-0.2, 0) is 16.1 Å². The Morgan fingerprint density at radius 3 is 2.28 bits per heavy atom. The van der Waals surface area contributed by atoms with Crippen LogP contribution in [-0.4, -0.2) is 84.6 Å². The lowest BCUT2D eigenvalue weighted by Gasteiger charge is -2.39. The Kier molecular flexibility index (Phi) is 5.63. The van der Waals surface area contributed by atoms with Crippen molar-refractivity contribution in [2.75, 3.05) is 6.61 Å². The molecule has 2 aromatic carbocycles. The number of aliphatic hydroxyl groups excluding tert-OH is 4. The van der Waals surface area contributed by atoms with Gasteiger partial charge in [-0.3, -0.25) is 9.59 Å². The molecule has 0 bridgehead atoms. The Balaban J connectivity index is 1.65. The monoisotopic (exact) mass is 448 g/mol. The molecule has 0 spiro atoms. The fourth-order valence-electron chi connectivity index (χ4n) is 3.85. The second kappa shape index (κ2) is 8.13. The molecule has 7 N–H and O–H groups in total. The van der Waals surface area contributed by atoms with E-state index < -0.39 is 78.3 Å². The number of fused-ring (bicyclic) bond motifs is 2. The van der Waals surface area contributed by atoms with Gasteiger partial charge < -0.3 is 45.2 Å². The third kappa shape index (κ3) is 3.32. The van der Waals surface area contributed by atoms with Crippen LogP contribution in [0.1, 0.15) is 37.4 Å². The van der Waals surface area contributed by atoms with Crippen LogP contribution < -0.4 is 0 Å². The molecule has 1 fully saturated rings. The van der Waals surface area contributed by atoms with Gasteiger partial charge in [0, 0.05) is 16.7 Å². The van der Waals surface area contributed by atoms with Crippen molar-refractivity contribution < 1.29 is 54.8 Å². The van der Waals surface area contributed by atoms with Crippen LogP contribution in [0.2, 0.25) is 0 Å². The predicted molar refractivity (Wildman–Crippen MR) is 103 cm³/mol.